The zero-order valence-corrected chi connectivity index (χ0v) is 11.7. The third-order valence-corrected chi connectivity index (χ3v) is 3.59. The Morgan fingerprint density at radius 2 is 2.24 bits per heavy atom. The lowest BCUT2D eigenvalue weighted by molar-refractivity contribution is -0.140. The molecule has 0 fully saturated rings. The second-order valence-electron chi connectivity index (χ2n) is 3.03. The molecule has 4 nitrogen and oxygen atoms in total. The van der Waals surface area contributed by atoms with Crippen LogP contribution in [0, 0.1) is 0 Å². The number of ether oxygens (including phenoxy) is 1. The van der Waals surface area contributed by atoms with Gasteiger partial charge in [0.25, 0.3) is 0 Å². The highest BCUT2D eigenvalue weighted by molar-refractivity contribution is 7.99. The molecule has 0 aliphatic rings. The van der Waals surface area contributed by atoms with Crippen molar-refractivity contribution >= 4 is 46.8 Å². The maximum Gasteiger partial charge on any atom is 0.306 e. The van der Waals surface area contributed by atoms with Gasteiger partial charge in [0, 0.05) is 12.8 Å². The van der Waals surface area contributed by atoms with Gasteiger partial charge in [0.15, 0.2) is 0 Å². The van der Waals surface area contributed by atoms with Crippen LogP contribution in [0.25, 0.3) is 0 Å². The van der Waals surface area contributed by atoms with Gasteiger partial charge in [-0.2, -0.15) is 0 Å². The van der Waals surface area contributed by atoms with Crippen LogP contribution >= 0.6 is 35.0 Å². The molecule has 1 N–H and O–H groups in total. The summed E-state index contributed by atoms with van der Waals surface area (Å²) in [5, 5.41) is 4.45. The van der Waals surface area contributed by atoms with Gasteiger partial charge >= 0.3 is 5.97 Å². The SMILES string of the molecule is CNc1nc(SCCC(=O)OC)c(Cl)cc1Cl. The summed E-state index contributed by atoms with van der Waals surface area (Å²) >= 11 is 13.3. The molecule has 0 amide bonds. The smallest absolute Gasteiger partial charge is 0.306 e. The average Bonchev–Trinajstić information content (AvgIpc) is 2.31. The zero-order chi connectivity index (χ0) is 12.8. The number of carbonyl (C=O) groups is 1. The first kappa shape index (κ1) is 14.4. The van der Waals surface area contributed by atoms with Crippen molar-refractivity contribution in [1.29, 1.82) is 0 Å². The number of hydrogen-bond donors (Lipinski definition) is 1. The van der Waals surface area contributed by atoms with Crippen LogP contribution in [0.2, 0.25) is 10.0 Å². The molecule has 1 aromatic heterocycles. The number of esters is 1. The van der Waals surface area contributed by atoms with E-state index in [1.807, 2.05) is 0 Å². The minimum absolute atomic E-state index is 0.253. The second kappa shape index (κ2) is 6.93. The number of rotatable bonds is 5. The molecule has 0 spiro atoms. The molecule has 0 aliphatic carbocycles. The van der Waals surface area contributed by atoms with E-state index in [4.69, 9.17) is 23.2 Å². The zero-order valence-electron chi connectivity index (χ0n) is 9.42. The molecular weight excluding hydrogens is 283 g/mol. The Morgan fingerprint density at radius 3 is 2.82 bits per heavy atom. The fourth-order valence-corrected chi connectivity index (χ4v) is 2.49. The van der Waals surface area contributed by atoms with Gasteiger partial charge in [-0.05, 0) is 6.07 Å². The molecule has 17 heavy (non-hydrogen) atoms. The Kier molecular flexibility index (Phi) is 5.88. The predicted molar refractivity (Wildman–Crippen MR) is 71.2 cm³/mol. The first-order valence-electron chi connectivity index (χ1n) is 4.82. The Morgan fingerprint density at radius 1 is 1.53 bits per heavy atom. The third-order valence-electron chi connectivity index (χ3n) is 1.91. The molecule has 0 radical (unpaired) electrons. The fraction of sp³-hybridized carbons (Fsp3) is 0.400. The lowest BCUT2D eigenvalue weighted by Crippen LogP contribution is -2.01. The summed E-state index contributed by atoms with van der Waals surface area (Å²) in [6.07, 6.45) is 0.316. The Bertz CT molecular complexity index is 416. The number of pyridine rings is 1. The van der Waals surface area contributed by atoms with Crippen LogP contribution in [0.3, 0.4) is 0 Å². The van der Waals surface area contributed by atoms with E-state index in [1.54, 1.807) is 13.1 Å². The number of thioether (sulfide) groups is 1. The van der Waals surface area contributed by atoms with Crippen molar-refractivity contribution in [3.63, 3.8) is 0 Å². The summed E-state index contributed by atoms with van der Waals surface area (Å²) in [5.74, 6) is 0.873. The van der Waals surface area contributed by atoms with Gasteiger partial charge in [0.05, 0.1) is 23.6 Å². The molecule has 0 aliphatic heterocycles. The lowest BCUT2D eigenvalue weighted by atomic mass is 10.4. The average molecular weight is 295 g/mol. The lowest BCUT2D eigenvalue weighted by Gasteiger charge is -2.07. The number of nitrogens with one attached hydrogen (secondary N) is 1. The summed E-state index contributed by atoms with van der Waals surface area (Å²) in [7, 11) is 3.09. The van der Waals surface area contributed by atoms with Crippen molar-refractivity contribution in [3.8, 4) is 0 Å². The van der Waals surface area contributed by atoms with E-state index in [0.717, 1.165) is 0 Å². The molecule has 94 valence electrons. The molecule has 0 atom stereocenters. The van der Waals surface area contributed by atoms with Crippen molar-refractivity contribution in [2.24, 2.45) is 0 Å². The quantitative estimate of drug-likeness (QED) is 0.668. The third kappa shape index (κ3) is 4.26. The Labute approximate surface area is 114 Å². The molecule has 0 saturated carbocycles. The van der Waals surface area contributed by atoms with Crippen molar-refractivity contribution in [1.82, 2.24) is 4.98 Å². The molecule has 7 heteroatoms. The van der Waals surface area contributed by atoms with Crippen LogP contribution in [0.1, 0.15) is 6.42 Å². The molecule has 0 aromatic carbocycles. The molecule has 0 bridgehead atoms. The Balaban J connectivity index is 2.67. The van der Waals surface area contributed by atoms with Gasteiger partial charge in [0.1, 0.15) is 10.8 Å². The summed E-state index contributed by atoms with van der Waals surface area (Å²) in [5.41, 5.74) is 0. The van der Waals surface area contributed by atoms with E-state index >= 15 is 0 Å². The number of aromatic nitrogens is 1. The van der Waals surface area contributed by atoms with E-state index in [2.05, 4.69) is 15.0 Å². The number of methoxy groups -OCH3 is 1. The largest absolute Gasteiger partial charge is 0.469 e. The van der Waals surface area contributed by atoms with E-state index in [1.165, 1.54) is 18.9 Å². The van der Waals surface area contributed by atoms with Crippen LogP contribution in [0.5, 0.6) is 0 Å². The minimum atomic E-state index is -0.253. The van der Waals surface area contributed by atoms with Crippen LogP contribution in [-0.2, 0) is 9.53 Å². The minimum Gasteiger partial charge on any atom is -0.469 e. The maximum atomic E-state index is 10.9. The molecule has 0 unspecified atom stereocenters. The number of anilines is 1. The summed E-state index contributed by atoms with van der Waals surface area (Å²) in [6, 6.07) is 1.63. The predicted octanol–water partition coefficient (Wildman–Crippen LogP) is 3.09. The maximum absolute atomic E-state index is 10.9. The number of carbonyl (C=O) groups excluding carboxylic acids is 1. The highest BCUT2D eigenvalue weighted by Gasteiger charge is 2.10. The van der Waals surface area contributed by atoms with Gasteiger partial charge < -0.3 is 10.1 Å². The summed E-state index contributed by atoms with van der Waals surface area (Å²) in [6.45, 7) is 0. The molecule has 1 aromatic rings. The summed E-state index contributed by atoms with van der Waals surface area (Å²) in [4.78, 5) is 15.2. The summed E-state index contributed by atoms with van der Waals surface area (Å²) < 4.78 is 4.54. The molecule has 1 heterocycles. The van der Waals surface area contributed by atoms with Crippen LogP contribution in [-0.4, -0.2) is 30.9 Å². The van der Waals surface area contributed by atoms with E-state index in [-0.39, 0.29) is 5.97 Å². The van der Waals surface area contributed by atoms with Gasteiger partial charge in [-0.1, -0.05) is 23.2 Å². The fourth-order valence-electron chi connectivity index (χ4n) is 1.06. The van der Waals surface area contributed by atoms with Gasteiger partial charge in [-0.3, -0.25) is 4.79 Å². The molecular formula is C10H12Cl2N2O2S. The number of halogens is 2. The highest BCUT2D eigenvalue weighted by Crippen LogP contribution is 2.31. The van der Waals surface area contributed by atoms with E-state index in [9.17, 15) is 4.79 Å². The Hall–Kier alpha value is -0.650. The topological polar surface area (TPSA) is 51.2 Å². The van der Waals surface area contributed by atoms with Crippen LogP contribution < -0.4 is 5.32 Å². The molecule has 0 saturated heterocycles. The number of nitrogens with zero attached hydrogens (tertiary/aromatic N) is 1. The second-order valence-corrected chi connectivity index (χ2v) is 4.93. The van der Waals surface area contributed by atoms with Gasteiger partial charge in [-0.15, -0.1) is 11.8 Å². The van der Waals surface area contributed by atoms with E-state index in [0.29, 0.717) is 33.1 Å². The van der Waals surface area contributed by atoms with Crippen LogP contribution in [0.4, 0.5) is 5.82 Å². The van der Waals surface area contributed by atoms with Gasteiger partial charge in [-0.25, -0.2) is 4.98 Å². The molecule has 1 rings (SSSR count). The number of hydrogen-bond acceptors (Lipinski definition) is 5. The first-order valence-corrected chi connectivity index (χ1v) is 6.56. The van der Waals surface area contributed by atoms with E-state index < -0.39 is 0 Å². The van der Waals surface area contributed by atoms with Crippen molar-refractivity contribution < 1.29 is 9.53 Å². The monoisotopic (exact) mass is 294 g/mol. The standard InChI is InChI=1S/C10H12Cl2N2O2S/c1-13-9-6(11)5-7(12)10(14-9)17-4-3-8(15)16-2/h5H,3-4H2,1-2H3,(H,13,14). The normalized spacial score (nSPS) is 10.1. The van der Waals surface area contributed by atoms with Gasteiger partial charge in [0.2, 0.25) is 0 Å². The van der Waals surface area contributed by atoms with Crippen molar-refractivity contribution in [2.75, 3.05) is 25.2 Å². The van der Waals surface area contributed by atoms with Crippen molar-refractivity contribution in [2.45, 2.75) is 11.4 Å². The van der Waals surface area contributed by atoms with Crippen molar-refractivity contribution in [3.05, 3.63) is 16.1 Å². The highest BCUT2D eigenvalue weighted by atomic mass is 35.5. The first-order chi connectivity index (χ1) is 8.08. The van der Waals surface area contributed by atoms with Crippen LogP contribution in [0.15, 0.2) is 11.1 Å².